The largest absolute Gasteiger partial charge is 0.257 e. The summed E-state index contributed by atoms with van der Waals surface area (Å²) < 4.78 is 2.62. The maximum Gasteiger partial charge on any atom is 0.257 e. The lowest BCUT2D eigenvalue weighted by atomic mass is 9.93. The van der Waals surface area contributed by atoms with Gasteiger partial charge in [-0.15, -0.1) is 0 Å². The van der Waals surface area contributed by atoms with E-state index in [1.165, 1.54) is 173 Å². The average molecular weight is 518 g/mol. The minimum atomic E-state index is 0.622. The third-order valence-corrected chi connectivity index (χ3v) is 8.64. The fourth-order valence-electron chi connectivity index (χ4n) is 6.07. The smallest absolute Gasteiger partial charge is 0.247 e. The van der Waals surface area contributed by atoms with Crippen LogP contribution in [0.2, 0.25) is 0 Å². The van der Waals surface area contributed by atoms with Crippen molar-refractivity contribution in [3.8, 4) is 0 Å². The standard InChI is InChI=1S/C35H68N2/c1-5-8-11-14-16-18-19-21-24-27-30-34(29-26-22-13-10-7-3)35-36-31-32-37(35)33(4)28-25-23-20-17-15-12-9-6-2/h31-34H,5-30H2,1-4H3/p+1. The molecule has 2 atom stereocenters. The van der Waals surface area contributed by atoms with Crippen molar-refractivity contribution in [1.82, 2.24) is 4.98 Å². The maximum atomic E-state index is 3.72. The van der Waals surface area contributed by atoms with Gasteiger partial charge in [0.05, 0.1) is 12.0 Å². The van der Waals surface area contributed by atoms with Gasteiger partial charge in [0, 0.05) is 0 Å². The molecular formula is C35H69N2+. The molecule has 0 radical (unpaired) electrons. The van der Waals surface area contributed by atoms with Gasteiger partial charge in [-0.25, -0.2) is 9.55 Å². The van der Waals surface area contributed by atoms with Crippen molar-refractivity contribution in [2.24, 2.45) is 0 Å². The zero-order chi connectivity index (χ0) is 26.8. The average Bonchev–Trinajstić information content (AvgIpc) is 3.40. The molecule has 1 aromatic heterocycles. The van der Waals surface area contributed by atoms with E-state index < -0.39 is 0 Å². The molecule has 0 spiro atoms. The molecule has 0 aromatic carbocycles. The Labute approximate surface area is 234 Å². The van der Waals surface area contributed by atoms with Gasteiger partial charge in [-0.1, -0.05) is 162 Å². The summed E-state index contributed by atoms with van der Waals surface area (Å²) in [6.07, 6.45) is 41.2. The number of hydrogen-bond acceptors (Lipinski definition) is 0. The third kappa shape index (κ3) is 18.2. The lowest BCUT2D eigenvalue weighted by molar-refractivity contribution is -0.727. The molecule has 1 aromatic rings. The predicted molar refractivity (Wildman–Crippen MR) is 166 cm³/mol. The zero-order valence-corrected chi connectivity index (χ0v) is 26.1. The normalized spacial score (nSPS) is 13.3. The summed E-state index contributed by atoms with van der Waals surface area (Å²) in [5.74, 6) is 2.24. The highest BCUT2D eigenvalue weighted by atomic mass is 15.1. The lowest BCUT2D eigenvalue weighted by Gasteiger charge is -2.17. The van der Waals surface area contributed by atoms with Gasteiger partial charge in [-0.3, -0.25) is 0 Å². The van der Waals surface area contributed by atoms with Crippen LogP contribution < -0.4 is 4.57 Å². The third-order valence-electron chi connectivity index (χ3n) is 8.64. The minimum Gasteiger partial charge on any atom is -0.247 e. The second-order valence-electron chi connectivity index (χ2n) is 12.2. The van der Waals surface area contributed by atoms with Crippen LogP contribution in [0.5, 0.6) is 0 Å². The summed E-state index contributed by atoms with van der Waals surface area (Å²) in [5, 5.41) is 0. The number of aromatic amines is 1. The van der Waals surface area contributed by atoms with Crippen molar-refractivity contribution in [3.63, 3.8) is 0 Å². The first-order chi connectivity index (χ1) is 18.2. The molecular weight excluding hydrogens is 448 g/mol. The van der Waals surface area contributed by atoms with Crippen molar-refractivity contribution in [2.45, 2.75) is 207 Å². The first-order valence-corrected chi connectivity index (χ1v) is 17.3. The molecule has 1 heterocycles. The molecule has 37 heavy (non-hydrogen) atoms. The molecule has 2 heteroatoms. The molecule has 0 amide bonds. The fourth-order valence-corrected chi connectivity index (χ4v) is 6.07. The quantitative estimate of drug-likeness (QED) is 0.0842. The first kappa shape index (κ1) is 34.2. The summed E-state index contributed by atoms with van der Waals surface area (Å²) >= 11 is 0. The summed E-state index contributed by atoms with van der Waals surface area (Å²) in [6.45, 7) is 9.40. The Hall–Kier alpha value is -0.790. The van der Waals surface area contributed by atoms with Gasteiger partial charge in [0.25, 0.3) is 5.82 Å². The fraction of sp³-hybridized carbons (Fsp3) is 0.914. The Bertz CT molecular complexity index is 578. The van der Waals surface area contributed by atoms with E-state index in [0.717, 1.165) is 0 Å². The van der Waals surface area contributed by atoms with Crippen molar-refractivity contribution in [3.05, 3.63) is 18.2 Å². The second-order valence-corrected chi connectivity index (χ2v) is 12.2. The van der Waals surface area contributed by atoms with Crippen LogP contribution in [0.1, 0.15) is 212 Å². The number of hydrogen-bond donors (Lipinski definition) is 1. The number of nitrogens with zero attached hydrogens (tertiary/aromatic N) is 1. The number of unbranched alkanes of at least 4 members (excludes halogenated alkanes) is 20. The monoisotopic (exact) mass is 518 g/mol. The van der Waals surface area contributed by atoms with Crippen molar-refractivity contribution in [2.75, 3.05) is 0 Å². The van der Waals surface area contributed by atoms with E-state index in [2.05, 4.69) is 49.6 Å². The molecule has 0 aliphatic carbocycles. The number of aromatic nitrogens is 2. The molecule has 1 N–H and O–H groups in total. The minimum absolute atomic E-state index is 0.622. The van der Waals surface area contributed by atoms with E-state index in [4.69, 9.17) is 0 Å². The van der Waals surface area contributed by atoms with Crippen LogP contribution in [0.3, 0.4) is 0 Å². The van der Waals surface area contributed by atoms with E-state index in [0.29, 0.717) is 12.0 Å². The van der Waals surface area contributed by atoms with Crippen LogP contribution in [-0.4, -0.2) is 4.98 Å². The Morgan fingerprint density at radius 1 is 0.514 bits per heavy atom. The Morgan fingerprint density at radius 2 is 0.865 bits per heavy atom. The second kappa shape index (κ2) is 25.5. The van der Waals surface area contributed by atoms with Gasteiger partial charge in [-0.05, 0) is 32.6 Å². The Kier molecular flexibility index (Phi) is 23.6. The number of imidazole rings is 1. The highest BCUT2D eigenvalue weighted by molar-refractivity contribution is 4.90. The van der Waals surface area contributed by atoms with Crippen LogP contribution in [0.4, 0.5) is 0 Å². The molecule has 218 valence electrons. The molecule has 0 aliphatic heterocycles. The van der Waals surface area contributed by atoms with Gasteiger partial charge in [0.15, 0.2) is 0 Å². The first-order valence-electron chi connectivity index (χ1n) is 17.3. The number of nitrogens with one attached hydrogen (secondary N) is 1. The molecule has 1 rings (SSSR count). The van der Waals surface area contributed by atoms with Crippen molar-refractivity contribution in [1.29, 1.82) is 0 Å². The highest BCUT2D eigenvalue weighted by Crippen LogP contribution is 2.27. The molecule has 0 saturated heterocycles. The summed E-state index contributed by atoms with van der Waals surface area (Å²) in [4.78, 5) is 3.72. The van der Waals surface area contributed by atoms with E-state index >= 15 is 0 Å². The highest BCUT2D eigenvalue weighted by Gasteiger charge is 2.25. The molecule has 0 bridgehead atoms. The van der Waals surface area contributed by atoms with Gasteiger partial charge in [-0.2, -0.15) is 0 Å². The van der Waals surface area contributed by atoms with Gasteiger partial charge in [0.2, 0.25) is 0 Å². The molecule has 0 aliphatic rings. The lowest BCUT2D eigenvalue weighted by Crippen LogP contribution is -2.41. The maximum absolute atomic E-state index is 3.72. The van der Waals surface area contributed by atoms with Crippen LogP contribution >= 0.6 is 0 Å². The van der Waals surface area contributed by atoms with E-state index in [9.17, 15) is 0 Å². The van der Waals surface area contributed by atoms with Gasteiger partial charge >= 0.3 is 0 Å². The molecule has 0 fully saturated rings. The van der Waals surface area contributed by atoms with Gasteiger partial charge in [0.1, 0.15) is 12.4 Å². The van der Waals surface area contributed by atoms with E-state index in [1.54, 1.807) is 0 Å². The van der Waals surface area contributed by atoms with Crippen molar-refractivity contribution >= 4 is 0 Å². The topological polar surface area (TPSA) is 19.7 Å². The van der Waals surface area contributed by atoms with Crippen LogP contribution in [-0.2, 0) is 0 Å². The summed E-state index contributed by atoms with van der Waals surface area (Å²) in [5.41, 5.74) is 0. The van der Waals surface area contributed by atoms with Gasteiger partial charge < -0.3 is 0 Å². The number of rotatable bonds is 28. The zero-order valence-electron chi connectivity index (χ0n) is 26.1. The molecule has 2 unspecified atom stereocenters. The Balaban J connectivity index is 2.43. The summed E-state index contributed by atoms with van der Waals surface area (Å²) in [7, 11) is 0. The van der Waals surface area contributed by atoms with Crippen LogP contribution in [0.25, 0.3) is 0 Å². The molecule has 2 nitrogen and oxygen atoms in total. The molecule has 0 saturated carbocycles. The van der Waals surface area contributed by atoms with Crippen LogP contribution in [0.15, 0.2) is 12.4 Å². The Morgan fingerprint density at radius 3 is 1.27 bits per heavy atom. The summed E-state index contributed by atoms with van der Waals surface area (Å²) in [6, 6.07) is 0.622. The predicted octanol–water partition coefficient (Wildman–Crippen LogP) is 12.1. The van der Waals surface area contributed by atoms with Crippen molar-refractivity contribution < 1.29 is 4.57 Å². The van der Waals surface area contributed by atoms with Crippen LogP contribution in [0, 0.1) is 0 Å². The van der Waals surface area contributed by atoms with E-state index in [1.807, 2.05) is 0 Å². The van der Waals surface area contributed by atoms with E-state index in [-0.39, 0.29) is 0 Å². The number of H-pyrrole nitrogens is 1. The SMILES string of the molecule is CCCCCCCCCCCCC(CCCCCCC)c1[nH]cc[n+]1C(C)CCCCCCCCCC.